The predicted octanol–water partition coefficient (Wildman–Crippen LogP) is 1.34. The minimum atomic E-state index is 0.401. The number of rotatable bonds is 4. The van der Waals surface area contributed by atoms with Crippen LogP contribution < -0.4 is 5.32 Å². The lowest BCUT2D eigenvalue weighted by atomic mass is 9.92. The van der Waals surface area contributed by atoms with Crippen LogP contribution >= 0.6 is 0 Å². The Morgan fingerprint density at radius 1 is 1.43 bits per heavy atom. The molecule has 0 atom stereocenters. The summed E-state index contributed by atoms with van der Waals surface area (Å²) in [7, 11) is 1.91. The molecule has 0 fully saturated rings. The van der Waals surface area contributed by atoms with Crippen LogP contribution in [0.1, 0.15) is 32.9 Å². The summed E-state index contributed by atoms with van der Waals surface area (Å²) in [5.41, 5.74) is 1.52. The highest BCUT2D eigenvalue weighted by Gasteiger charge is 2.08. The fourth-order valence-corrected chi connectivity index (χ4v) is 1.15. The molecular formula is C10H20N4. The zero-order chi connectivity index (χ0) is 10.6. The number of aryl methyl sites for hydroxylation is 1. The number of hydrogen-bond donors (Lipinski definition) is 1. The molecule has 0 spiro atoms. The SMILES string of the molecule is Cn1nncc1CNCCC(C)(C)C. The van der Waals surface area contributed by atoms with E-state index >= 15 is 0 Å². The van der Waals surface area contributed by atoms with E-state index in [9.17, 15) is 0 Å². The van der Waals surface area contributed by atoms with E-state index in [0.717, 1.165) is 18.8 Å². The van der Waals surface area contributed by atoms with Gasteiger partial charge in [-0.05, 0) is 18.4 Å². The molecule has 0 saturated carbocycles. The molecule has 0 aromatic carbocycles. The smallest absolute Gasteiger partial charge is 0.0738 e. The van der Waals surface area contributed by atoms with E-state index < -0.39 is 0 Å². The molecule has 0 aliphatic carbocycles. The maximum atomic E-state index is 3.87. The first-order valence-corrected chi connectivity index (χ1v) is 5.03. The second-order valence-corrected chi connectivity index (χ2v) is 4.84. The molecule has 0 unspecified atom stereocenters. The molecule has 0 aliphatic heterocycles. The van der Waals surface area contributed by atoms with E-state index in [2.05, 4.69) is 36.4 Å². The molecule has 4 heteroatoms. The molecule has 1 heterocycles. The van der Waals surface area contributed by atoms with Crippen LogP contribution in [-0.2, 0) is 13.6 Å². The highest BCUT2D eigenvalue weighted by Crippen LogP contribution is 2.16. The van der Waals surface area contributed by atoms with Crippen LogP contribution in [0.25, 0.3) is 0 Å². The molecule has 1 aromatic rings. The van der Waals surface area contributed by atoms with Gasteiger partial charge in [0.2, 0.25) is 0 Å². The quantitative estimate of drug-likeness (QED) is 0.739. The highest BCUT2D eigenvalue weighted by molar-refractivity contribution is 4.92. The minimum absolute atomic E-state index is 0.401. The van der Waals surface area contributed by atoms with Gasteiger partial charge < -0.3 is 5.32 Å². The Hall–Kier alpha value is -0.900. The monoisotopic (exact) mass is 196 g/mol. The van der Waals surface area contributed by atoms with Crippen molar-refractivity contribution in [2.75, 3.05) is 6.54 Å². The molecule has 4 nitrogen and oxygen atoms in total. The van der Waals surface area contributed by atoms with E-state index in [1.54, 1.807) is 10.9 Å². The Labute approximate surface area is 85.7 Å². The summed E-state index contributed by atoms with van der Waals surface area (Å²) in [6.07, 6.45) is 2.97. The molecule has 1 N–H and O–H groups in total. The van der Waals surface area contributed by atoms with Gasteiger partial charge in [0.15, 0.2) is 0 Å². The van der Waals surface area contributed by atoms with Crippen molar-refractivity contribution in [2.24, 2.45) is 12.5 Å². The van der Waals surface area contributed by atoms with Gasteiger partial charge in [-0.25, -0.2) is 0 Å². The lowest BCUT2D eigenvalue weighted by molar-refractivity contribution is 0.365. The van der Waals surface area contributed by atoms with Gasteiger partial charge in [0.1, 0.15) is 0 Å². The Bertz CT molecular complexity index is 272. The van der Waals surface area contributed by atoms with Gasteiger partial charge in [0.05, 0.1) is 11.9 Å². The molecule has 1 rings (SSSR count). The van der Waals surface area contributed by atoms with Crippen molar-refractivity contribution in [3.63, 3.8) is 0 Å². The summed E-state index contributed by atoms with van der Waals surface area (Å²) in [5.74, 6) is 0. The maximum Gasteiger partial charge on any atom is 0.0738 e. The largest absolute Gasteiger partial charge is 0.311 e. The summed E-state index contributed by atoms with van der Waals surface area (Å²) >= 11 is 0. The van der Waals surface area contributed by atoms with Crippen molar-refractivity contribution in [1.82, 2.24) is 20.3 Å². The molecule has 1 aromatic heterocycles. The Kier molecular flexibility index (Phi) is 3.63. The standard InChI is InChI=1S/C10H20N4/c1-10(2,3)5-6-11-7-9-8-12-13-14(9)4/h8,11H,5-7H2,1-4H3. The van der Waals surface area contributed by atoms with Crippen molar-refractivity contribution in [3.05, 3.63) is 11.9 Å². The number of hydrogen-bond acceptors (Lipinski definition) is 3. The summed E-state index contributed by atoms with van der Waals surface area (Å²) in [6, 6.07) is 0. The molecule has 80 valence electrons. The highest BCUT2D eigenvalue weighted by atomic mass is 15.4. The number of nitrogens with zero attached hydrogens (tertiary/aromatic N) is 3. The second kappa shape index (κ2) is 4.55. The third-order valence-corrected chi connectivity index (χ3v) is 2.17. The molecular weight excluding hydrogens is 176 g/mol. The topological polar surface area (TPSA) is 42.7 Å². The fraction of sp³-hybridized carbons (Fsp3) is 0.800. The van der Waals surface area contributed by atoms with E-state index in [4.69, 9.17) is 0 Å². The predicted molar refractivity (Wildman–Crippen MR) is 56.8 cm³/mol. The zero-order valence-corrected chi connectivity index (χ0v) is 9.54. The third kappa shape index (κ3) is 3.87. The third-order valence-electron chi connectivity index (χ3n) is 2.17. The van der Waals surface area contributed by atoms with Gasteiger partial charge in [-0.15, -0.1) is 5.10 Å². The van der Waals surface area contributed by atoms with E-state index in [-0.39, 0.29) is 0 Å². The van der Waals surface area contributed by atoms with Crippen molar-refractivity contribution in [1.29, 1.82) is 0 Å². The van der Waals surface area contributed by atoms with Crippen molar-refractivity contribution >= 4 is 0 Å². The van der Waals surface area contributed by atoms with Crippen LogP contribution in [0.3, 0.4) is 0 Å². The van der Waals surface area contributed by atoms with Crippen molar-refractivity contribution < 1.29 is 0 Å². The zero-order valence-electron chi connectivity index (χ0n) is 9.54. The van der Waals surface area contributed by atoms with Crippen LogP contribution in [0.5, 0.6) is 0 Å². The van der Waals surface area contributed by atoms with Crippen molar-refractivity contribution in [2.45, 2.75) is 33.7 Å². The molecule has 0 aliphatic rings. The van der Waals surface area contributed by atoms with E-state index in [0.29, 0.717) is 5.41 Å². The Morgan fingerprint density at radius 2 is 2.14 bits per heavy atom. The van der Waals surface area contributed by atoms with Gasteiger partial charge >= 0.3 is 0 Å². The summed E-state index contributed by atoms with van der Waals surface area (Å²) in [5, 5.41) is 11.1. The lowest BCUT2D eigenvalue weighted by Crippen LogP contribution is -2.21. The first-order valence-electron chi connectivity index (χ1n) is 5.03. The van der Waals surface area contributed by atoms with Crippen LogP contribution in [-0.4, -0.2) is 21.5 Å². The van der Waals surface area contributed by atoms with Crippen LogP contribution in [0.4, 0.5) is 0 Å². The second-order valence-electron chi connectivity index (χ2n) is 4.84. The van der Waals surface area contributed by atoms with Gasteiger partial charge in [-0.1, -0.05) is 26.0 Å². The van der Waals surface area contributed by atoms with Gasteiger partial charge in [-0.3, -0.25) is 4.68 Å². The van der Waals surface area contributed by atoms with Crippen LogP contribution in [0, 0.1) is 5.41 Å². The Balaban J connectivity index is 2.20. The van der Waals surface area contributed by atoms with Crippen LogP contribution in [0.2, 0.25) is 0 Å². The lowest BCUT2D eigenvalue weighted by Gasteiger charge is -2.17. The normalized spacial score (nSPS) is 12.0. The first kappa shape index (κ1) is 11.2. The molecule has 14 heavy (non-hydrogen) atoms. The molecule has 0 bridgehead atoms. The summed E-state index contributed by atoms with van der Waals surface area (Å²) < 4.78 is 1.80. The number of nitrogens with one attached hydrogen (secondary N) is 1. The van der Waals surface area contributed by atoms with Gasteiger partial charge in [-0.2, -0.15) is 0 Å². The summed E-state index contributed by atoms with van der Waals surface area (Å²) in [4.78, 5) is 0. The van der Waals surface area contributed by atoms with E-state index in [1.165, 1.54) is 6.42 Å². The molecule has 0 amide bonds. The molecule has 0 saturated heterocycles. The van der Waals surface area contributed by atoms with Crippen LogP contribution in [0.15, 0.2) is 6.20 Å². The maximum absolute atomic E-state index is 3.87. The number of aromatic nitrogens is 3. The van der Waals surface area contributed by atoms with Gasteiger partial charge in [0, 0.05) is 13.6 Å². The Morgan fingerprint density at radius 3 is 2.64 bits per heavy atom. The average Bonchev–Trinajstić information content (AvgIpc) is 2.44. The van der Waals surface area contributed by atoms with Crippen molar-refractivity contribution in [3.8, 4) is 0 Å². The van der Waals surface area contributed by atoms with Gasteiger partial charge in [0.25, 0.3) is 0 Å². The summed E-state index contributed by atoms with van der Waals surface area (Å²) in [6.45, 7) is 8.63. The fourth-order valence-electron chi connectivity index (χ4n) is 1.15. The first-order chi connectivity index (χ1) is 6.49. The minimum Gasteiger partial charge on any atom is -0.311 e. The average molecular weight is 196 g/mol. The molecule has 0 radical (unpaired) electrons. The van der Waals surface area contributed by atoms with E-state index in [1.807, 2.05) is 7.05 Å².